The lowest BCUT2D eigenvalue weighted by molar-refractivity contribution is 0.446. The summed E-state index contributed by atoms with van der Waals surface area (Å²) in [6, 6.07) is 0. The molecule has 0 saturated heterocycles. The Hall–Kier alpha value is -0.330. The predicted octanol–water partition coefficient (Wildman–Crippen LogP) is 3.24. The summed E-state index contributed by atoms with van der Waals surface area (Å²) < 4.78 is 0. The third kappa shape index (κ3) is 4.54. The topological polar surface area (TPSA) is 23.9 Å². The molecule has 0 spiro atoms. The third-order valence-electron chi connectivity index (χ3n) is 2.12. The summed E-state index contributed by atoms with van der Waals surface area (Å²) in [5.74, 6) is 0.903. The molecule has 0 bridgehead atoms. The van der Waals surface area contributed by atoms with Crippen LogP contribution in [-0.4, -0.2) is 6.21 Å². The molecule has 0 unspecified atom stereocenters. The van der Waals surface area contributed by atoms with E-state index in [1.54, 1.807) is 0 Å². The minimum Gasteiger partial charge on any atom is -0.313 e. The van der Waals surface area contributed by atoms with E-state index < -0.39 is 0 Å². The van der Waals surface area contributed by atoms with E-state index in [0.29, 0.717) is 0 Å². The molecule has 1 nitrogen and oxygen atoms in total. The van der Waals surface area contributed by atoms with Crippen molar-refractivity contribution < 1.29 is 0 Å². The molecule has 1 N–H and O–H groups in total. The van der Waals surface area contributed by atoms with Gasteiger partial charge in [-0.1, -0.05) is 33.1 Å². The zero-order chi connectivity index (χ0) is 7.82. The summed E-state index contributed by atoms with van der Waals surface area (Å²) in [6.07, 6.45) is 7.60. The second-order valence-electron chi connectivity index (χ2n) is 2.82. The Labute approximate surface area is 64.3 Å². The second kappa shape index (κ2) is 6.79. The Morgan fingerprint density at radius 2 is 1.90 bits per heavy atom. The van der Waals surface area contributed by atoms with Gasteiger partial charge in [0.15, 0.2) is 0 Å². The Kier molecular flexibility index (Phi) is 6.56. The summed E-state index contributed by atoms with van der Waals surface area (Å²) in [5, 5.41) is 6.84. The van der Waals surface area contributed by atoms with Crippen LogP contribution in [0.3, 0.4) is 0 Å². The first-order chi connectivity index (χ1) is 4.85. The van der Waals surface area contributed by atoms with E-state index in [2.05, 4.69) is 13.8 Å². The highest BCUT2D eigenvalue weighted by Crippen LogP contribution is 2.14. The first-order valence-corrected chi connectivity index (χ1v) is 4.34. The van der Waals surface area contributed by atoms with E-state index in [1.807, 2.05) is 0 Å². The minimum atomic E-state index is 0.903. The second-order valence-corrected chi connectivity index (χ2v) is 2.82. The van der Waals surface area contributed by atoms with Crippen molar-refractivity contribution in [3.05, 3.63) is 0 Å². The predicted molar refractivity (Wildman–Crippen MR) is 46.7 cm³/mol. The Morgan fingerprint density at radius 1 is 1.30 bits per heavy atom. The van der Waals surface area contributed by atoms with E-state index in [-0.39, 0.29) is 0 Å². The van der Waals surface area contributed by atoms with Gasteiger partial charge in [0, 0.05) is 0 Å². The van der Waals surface area contributed by atoms with Crippen LogP contribution in [0, 0.1) is 11.3 Å². The molecular formula is C9H19N. The summed E-state index contributed by atoms with van der Waals surface area (Å²) >= 11 is 0. The van der Waals surface area contributed by atoms with E-state index in [9.17, 15) is 0 Å². The van der Waals surface area contributed by atoms with Crippen LogP contribution in [0.2, 0.25) is 0 Å². The van der Waals surface area contributed by atoms with Crippen molar-refractivity contribution in [2.75, 3.05) is 0 Å². The fourth-order valence-electron chi connectivity index (χ4n) is 1.21. The van der Waals surface area contributed by atoms with Crippen molar-refractivity contribution in [2.24, 2.45) is 5.92 Å². The van der Waals surface area contributed by atoms with Crippen molar-refractivity contribution in [2.45, 2.75) is 46.0 Å². The van der Waals surface area contributed by atoms with Gasteiger partial charge in [0.05, 0.1) is 0 Å². The summed E-state index contributed by atoms with van der Waals surface area (Å²) in [7, 11) is 0. The van der Waals surface area contributed by atoms with Gasteiger partial charge in [-0.25, -0.2) is 0 Å². The maximum absolute atomic E-state index is 6.84. The van der Waals surface area contributed by atoms with Crippen LogP contribution < -0.4 is 0 Å². The summed E-state index contributed by atoms with van der Waals surface area (Å²) in [5.41, 5.74) is 0. The largest absolute Gasteiger partial charge is 0.313 e. The summed E-state index contributed by atoms with van der Waals surface area (Å²) in [6.45, 7) is 4.50. The highest BCUT2D eigenvalue weighted by molar-refractivity contribution is 5.52. The maximum Gasteiger partial charge on any atom is -0.00477 e. The molecule has 0 rings (SSSR count). The quantitative estimate of drug-likeness (QED) is 0.433. The Bertz CT molecular complexity index is 74.8. The number of unbranched alkanes of at least 4 members (excludes halogenated alkanes) is 1. The molecule has 0 aromatic rings. The standard InChI is InChI=1S/C9H19N/c1-3-9(4-2)7-5-6-8-10/h8-10H,3-7H2,1-2H3. The van der Waals surface area contributed by atoms with Crippen LogP contribution in [0.15, 0.2) is 0 Å². The average Bonchev–Trinajstić information content (AvgIpc) is 1.99. The van der Waals surface area contributed by atoms with Gasteiger partial charge in [-0.3, -0.25) is 0 Å². The number of rotatable bonds is 6. The zero-order valence-corrected chi connectivity index (χ0v) is 7.19. The summed E-state index contributed by atoms with van der Waals surface area (Å²) in [4.78, 5) is 0. The number of nitrogens with one attached hydrogen (secondary N) is 1. The average molecular weight is 141 g/mol. The van der Waals surface area contributed by atoms with Gasteiger partial charge < -0.3 is 5.41 Å². The maximum atomic E-state index is 6.84. The van der Waals surface area contributed by atoms with Gasteiger partial charge >= 0.3 is 0 Å². The third-order valence-corrected chi connectivity index (χ3v) is 2.12. The van der Waals surface area contributed by atoms with Gasteiger partial charge in [0.25, 0.3) is 0 Å². The molecule has 10 heavy (non-hydrogen) atoms. The normalized spacial score (nSPS) is 10.3. The Balaban J connectivity index is 3.16. The van der Waals surface area contributed by atoms with Crippen molar-refractivity contribution in [3.63, 3.8) is 0 Å². The molecule has 1 heteroatoms. The zero-order valence-electron chi connectivity index (χ0n) is 7.19. The van der Waals surface area contributed by atoms with Crippen molar-refractivity contribution in [3.8, 4) is 0 Å². The molecule has 0 atom stereocenters. The van der Waals surface area contributed by atoms with Gasteiger partial charge in [-0.05, 0) is 25.0 Å². The highest BCUT2D eigenvalue weighted by Gasteiger charge is 2.00. The lowest BCUT2D eigenvalue weighted by Gasteiger charge is -2.09. The van der Waals surface area contributed by atoms with Crippen molar-refractivity contribution in [1.82, 2.24) is 0 Å². The monoisotopic (exact) mass is 141 g/mol. The van der Waals surface area contributed by atoms with E-state index >= 15 is 0 Å². The van der Waals surface area contributed by atoms with Gasteiger partial charge in [-0.15, -0.1) is 0 Å². The van der Waals surface area contributed by atoms with Crippen molar-refractivity contribution >= 4 is 6.21 Å². The first kappa shape index (κ1) is 9.67. The molecule has 60 valence electrons. The van der Waals surface area contributed by atoms with Crippen molar-refractivity contribution in [1.29, 1.82) is 5.41 Å². The van der Waals surface area contributed by atoms with Gasteiger partial charge in [-0.2, -0.15) is 0 Å². The lowest BCUT2D eigenvalue weighted by Crippen LogP contribution is -1.96. The molecule has 0 aromatic carbocycles. The molecule has 0 radical (unpaired) electrons. The highest BCUT2D eigenvalue weighted by atomic mass is 14.3. The molecular weight excluding hydrogens is 122 g/mol. The molecule has 0 amide bonds. The van der Waals surface area contributed by atoms with Gasteiger partial charge in [0.2, 0.25) is 0 Å². The Morgan fingerprint density at radius 3 is 2.30 bits per heavy atom. The first-order valence-electron chi connectivity index (χ1n) is 4.34. The molecule has 0 saturated carbocycles. The van der Waals surface area contributed by atoms with Gasteiger partial charge in [0.1, 0.15) is 0 Å². The molecule has 0 aliphatic rings. The van der Waals surface area contributed by atoms with Crippen LogP contribution in [-0.2, 0) is 0 Å². The minimum absolute atomic E-state index is 0.903. The number of hydrogen-bond donors (Lipinski definition) is 1. The molecule has 0 aromatic heterocycles. The molecule has 0 heterocycles. The SMILES string of the molecule is CCC(CC)CCCC=N. The van der Waals surface area contributed by atoms with Crippen LogP contribution in [0.5, 0.6) is 0 Å². The fourth-order valence-corrected chi connectivity index (χ4v) is 1.21. The van der Waals surface area contributed by atoms with E-state index in [0.717, 1.165) is 12.3 Å². The van der Waals surface area contributed by atoms with Crippen LogP contribution in [0.4, 0.5) is 0 Å². The smallest absolute Gasteiger partial charge is 0.00477 e. The number of hydrogen-bond acceptors (Lipinski definition) is 1. The van der Waals surface area contributed by atoms with Crippen LogP contribution >= 0.6 is 0 Å². The lowest BCUT2D eigenvalue weighted by atomic mass is 9.97. The van der Waals surface area contributed by atoms with E-state index in [1.165, 1.54) is 31.9 Å². The van der Waals surface area contributed by atoms with Crippen LogP contribution in [0.1, 0.15) is 46.0 Å². The van der Waals surface area contributed by atoms with Crippen LogP contribution in [0.25, 0.3) is 0 Å². The molecule has 0 aliphatic carbocycles. The molecule has 0 fully saturated rings. The van der Waals surface area contributed by atoms with E-state index in [4.69, 9.17) is 5.41 Å². The fraction of sp³-hybridized carbons (Fsp3) is 0.889. The molecule has 0 aliphatic heterocycles.